The summed E-state index contributed by atoms with van der Waals surface area (Å²) < 4.78 is 11.0. The number of aliphatic carboxylic acids is 2. The lowest BCUT2D eigenvalue weighted by Gasteiger charge is -2.38. The number of aliphatic hydroxyl groups excluding tert-OH is 1. The Balaban J connectivity index is 1.31. The van der Waals surface area contributed by atoms with Crippen molar-refractivity contribution in [1.82, 2.24) is 4.90 Å². The van der Waals surface area contributed by atoms with Gasteiger partial charge in [0.15, 0.2) is 0 Å². The molecule has 2 aromatic carbocycles. The standard InChI is InChI=1S/C33H41NO8/c35-27-21-28(41-22-23-15-17-25(18-16-23)24-11-5-3-6-12-24)26(30(27)34-19-9-4-10-20-34)13-7-1-2-8-14-29(36)42-31(32(37)38)33(39)40/h1-3,5-6,11-12,15-18,26-28,30-31,35H,4,7-10,13-14,19-22H2,(H,37,38)(H,39,40). The molecule has 1 saturated heterocycles. The van der Waals surface area contributed by atoms with E-state index in [0.717, 1.165) is 49.9 Å². The second kappa shape index (κ2) is 15.6. The quantitative estimate of drug-likeness (QED) is 0.166. The summed E-state index contributed by atoms with van der Waals surface area (Å²) in [6.45, 7) is 2.44. The van der Waals surface area contributed by atoms with Crippen molar-refractivity contribution in [2.24, 2.45) is 5.92 Å². The van der Waals surface area contributed by atoms with Gasteiger partial charge in [-0.15, -0.1) is 0 Å². The van der Waals surface area contributed by atoms with Crippen LogP contribution in [0.4, 0.5) is 0 Å². The smallest absolute Gasteiger partial charge is 0.356 e. The normalized spacial score (nSPS) is 22.9. The molecule has 0 spiro atoms. The molecule has 42 heavy (non-hydrogen) atoms. The van der Waals surface area contributed by atoms with Crippen LogP contribution in [0.3, 0.4) is 0 Å². The minimum Gasteiger partial charge on any atom is -0.478 e. The third kappa shape index (κ3) is 8.74. The van der Waals surface area contributed by atoms with Gasteiger partial charge in [-0.2, -0.15) is 0 Å². The van der Waals surface area contributed by atoms with Crippen molar-refractivity contribution in [1.29, 1.82) is 0 Å². The third-order valence-corrected chi connectivity index (χ3v) is 8.17. The van der Waals surface area contributed by atoms with E-state index in [2.05, 4.69) is 46.0 Å². The number of carbonyl (C=O) groups is 3. The predicted octanol–water partition coefficient (Wildman–Crippen LogP) is 4.67. The Morgan fingerprint density at radius 3 is 2.19 bits per heavy atom. The molecule has 2 aliphatic rings. The number of carboxylic acid groups (broad SMARTS) is 2. The highest BCUT2D eigenvalue weighted by Gasteiger charge is 2.45. The van der Waals surface area contributed by atoms with Crippen molar-refractivity contribution in [3.8, 4) is 11.1 Å². The van der Waals surface area contributed by atoms with Crippen molar-refractivity contribution in [2.45, 2.75) is 82.3 Å². The van der Waals surface area contributed by atoms with E-state index in [-0.39, 0.29) is 24.5 Å². The van der Waals surface area contributed by atoms with Crippen molar-refractivity contribution in [2.75, 3.05) is 13.1 Å². The van der Waals surface area contributed by atoms with Gasteiger partial charge < -0.3 is 24.8 Å². The summed E-state index contributed by atoms with van der Waals surface area (Å²) >= 11 is 0. The fraction of sp³-hybridized carbons (Fsp3) is 0.485. The average Bonchev–Trinajstić information content (AvgIpc) is 3.31. The maximum Gasteiger partial charge on any atom is 0.356 e. The Bertz CT molecular complexity index is 1180. The lowest BCUT2D eigenvalue weighted by atomic mass is 9.92. The van der Waals surface area contributed by atoms with E-state index < -0.39 is 30.1 Å². The van der Waals surface area contributed by atoms with Gasteiger partial charge in [0.25, 0.3) is 6.10 Å². The van der Waals surface area contributed by atoms with Crippen LogP contribution in [0, 0.1) is 5.92 Å². The number of ether oxygens (including phenoxy) is 2. The predicted molar refractivity (Wildman–Crippen MR) is 157 cm³/mol. The van der Waals surface area contributed by atoms with Gasteiger partial charge in [0, 0.05) is 24.8 Å². The molecule has 4 rings (SSSR count). The van der Waals surface area contributed by atoms with Gasteiger partial charge in [-0.3, -0.25) is 9.69 Å². The molecule has 9 nitrogen and oxygen atoms in total. The molecule has 0 amide bonds. The van der Waals surface area contributed by atoms with Crippen LogP contribution in [0.2, 0.25) is 0 Å². The molecule has 9 heteroatoms. The number of nitrogens with zero attached hydrogens (tertiary/aromatic N) is 1. The van der Waals surface area contributed by atoms with Gasteiger partial charge in [-0.05, 0) is 61.9 Å². The second-order valence-corrected chi connectivity index (χ2v) is 11.1. The third-order valence-electron chi connectivity index (χ3n) is 8.17. The second-order valence-electron chi connectivity index (χ2n) is 11.1. The van der Waals surface area contributed by atoms with Gasteiger partial charge in [-0.25, -0.2) is 9.59 Å². The zero-order chi connectivity index (χ0) is 29.9. The molecule has 1 aliphatic carbocycles. The minimum atomic E-state index is -2.19. The molecule has 0 bridgehead atoms. The van der Waals surface area contributed by atoms with E-state index in [4.69, 9.17) is 14.9 Å². The van der Waals surface area contributed by atoms with Gasteiger partial charge in [-0.1, -0.05) is 73.2 Å². The number of carboxylic acids is 2. The van der Waals surface area contributed by atoms with Crippen LogP contribution in [-0.2, 0) is 30.5 Å². The van der Waals surface area contributed by atoms with Crippen LogP contribution >= 0.6 is 0 Å². The molecule has 1 heterocycles. The Morgan fingerprint density at radius 1 is 0.881 bits per heavy atom. The largest absolute Gasteiger partial charge is 0.478 e. The number of esters is 1. The molecular formula is C33H41NO8. The molecule has 226 valence electrons. The summed E-state index contributed by atoms with van der Waals surface area (Å²) in [6, 6.07) is 18.7. The Kier molecular flexibility index (Phi) is 11.7. The lowest BCUT2D eigenvalue weighted by molar-refractivity contribution is -0.174. The van der Waals surface area contributed by atoms with E-state index in [0.29, 0.717) is 19.4 Å². The zero-order valence-corrected chi connectivity index (χ0v) is 23.8. The first-order valence-corrected chi connectivity index (χ1v) is 14.8. The van der Waals surface area contributed by atoms with E-state index in [1.165, 1.54) is 12.0 Å². The van der Waals surface area contributed by atoms with Crippen molar-refractivity contribution >= 4 is 17.9 Å². The molecule has 2 fully saturated rings. The number of rotatable bonds is 14. The number of carbonyl (C=O) groups excluding carboxylic acids is 1. The number of benzene rings is 2. The molecule has 1 aliphatic heterocycles. The molecule has 1 saturated carbocycles. The van der Waals surface area contributed by atoms with Gasteiger partial charge in [0.1, 0.15) is 0 Å². The maximum absolute atomic E-state index is 11.8. The maximum atomic E-state index is 11.8. The summed E-state index contributed by atoms with van der Waals surface area (Å²) in [5.74, 6) is -4.14. The zero-order valence-electron chi connectivity index (χ0n) is 23.8. The molecular weight excluding hydrogens is 538 g/mol. The van der Waals surface area contributed by atoms with E-state index in [1.807, 2.05) is 30.4 Å². The lowest BCUT2D eigenvalue weighted by Crippen LogP contribution is -2.47. The van der Waals surface area contributed by atoms with Crippen LogP contribution in [0.25, 0.3) is 11.1 Å². The van der Waals surface area contributed by atoms with Crippen LogP contribution in [0.1, 0.15) is 56.9 Å². The fourth-order valence-electron chi connectivity index (χ4n) is 6.09. The van der Waals surface area contributed by atoms with Crippen molar-refractivity contribution < 1.29 is 39.2 Å². The summed E-state index contributed by atoms with van der Waals surface area (Å²) in [6.07, 6.45) is 6.90. The van der Waals surface area contributed by atoms with Crippen LogP contribution in [0.5, 0.6) is 0 Å². The van der Waals surface area contributed by atoms with E-state index in [9.17, 15) is 19.5 Å². The number of hydrogen-bond donors (Lipinski definition) is 3. The van der Waals surface area contributed by atoms with E-state index >= 15 is 0 Å². The highest BCUT2D eigenvalue weighted by Crippen LogP contribution is 2.38. The number of aliphatic hydroxyl groups is 1. The Hall–Kier alpha value is -3.53. The fourth-order valence-corrected chi connectivity index (χ4v) is 6.09. The van der Waals surface area contributed by atoms with Gasteiger partial charge >= 0.3 is 17.9 Å². The topological polar surface area (TPSA) is 134 Å². The van der Waals surface area contributed by atoms with E-state index in [1.54, 1.807) is 0 Å². The molecule has 4 unspecified atom stereocenters. The number of hydrogen-bond acceptors (Lipinski definition) is 7. The summed E-state index contributed by atoms with van der Waals surface area (Å²) in [5, 5.41) is 28.8. The van der Waals surface area contributed by atoms with Gasteiger partial charge in [0.05, 0.1) is 18.8 Å². The molecule has 0 radical (unpaired) electrons. The first kappa shape index (κ1) is 31.4. The van der Waals surface area contributed by atoms with Crippen LogP contribution < -0.4 is 0 Å². The van der Waals surface area contributed by atoms with Crippen LogP contribution in [-0.4, -0.2) is 75.6 Å². The molecule has 0 aromatic heterocycles. The minimum absolute atomic E-state index is 0.0445. The Labute approximate surface area is 246 Å². The van der Waals surface area contributed by atoms with Crippen LogP contribution in [0.15, 0.2) is 66.7 Å². The molecule has 2 aromatic rings. The number of piperidine rings is 1. The summed E-state index contributed by atoms with van der Waals surface area (Å²) in [4.78, 5) is 36.1. The SMILES string of the molecule is O=C(CCC=CCCC1C(OCc2ccc(-c3ccccc3)cc2)CC(O)C1N1CCCCC1)OC(C(=O)O)C(=O)O. The average molecular weight is 580 g/mol. The number of likely N-dealkylation sites (tertiary alicyclic amines) is 1. The first-order valence-electron chi connectivity index (χ1n) is 14.8. The summed E-state index contributed by atoms with van der Waals surface area (Å²) in [5.41, 5.74) is 3.41. The van der Waals surface area contributed by atoms with Crippen molar-refractivity contribution in [3.63, 3.8) is 0 Å². The first-order chi connectivity index (χ1) is 20.3. The van der Waals surface area contributed by atoms with Gasteiger partial charge in [0.2, 0.25) is 0 Å². The number of allylic oxidation sites excluding steroid dienone is 2. The monoisotopic (exact) mass is 579 g/mol. The highest BCUT2D eigenvalue weighted by molar-refractivity contribution is 5.97. The molecule has 4 atom stereocenters. The summed E-state index contributed by atoms with van der Waals surface area (Å²) in [7, 11) is 0. The highest BCUT2D eigenvalue weighted by atomic mass is 16.6. The Morgan fingerprint density at radius 2 is 1.52 bits per heavy atom. The van der Waals surface area contributed by atoms with Crippen molar-refractivity contribution in [3.05, 3.63) is 72.3 Å². The molecule has 3 N–H and O–H groups in total.